The van der Waals surface area contributed by atoms with Gasteiger partial charge in [0.15, 0.2) is 0 Å². The number of carbonyl (C=O) groups is 1. The van der Waals surface area contributed by atoms with Gasteiger partial charge in [-0.3, -0.25) is 4.79 Å². The second kappa shape index (κ2) is 6.39. The largest absolute Gasteiger partial charge is 0.495 e. The van der Waals surface area contributed by atoms with Crippen LogP contribution in [-0.2, 0) is 4.79 Å². The zero-order valence-electron chi connectivity index (χ0n) is 12.0. The second-order valence-corrected chi connectivity index (χ2v) is 5.78. The van der Waals surface area contributed by atoms with E-state index >= 15 is 0 Å². The molecule has 0 amide bonds. The predicted octanol–water partition coefficient (Wildman–Crippen LogP) is 3.39. The molecule has 1 fully saturated rings. The smallest absolute Gasteiger partial charge is 0.303 e. The van der Waals surface area contributed by atoms with Gasteiger partial charge in [-0.1, -0.05) is 6.07 Å². The van der Waals surface area contributed by atoms with Gasteiger partial charge in [-0.05, 0) is 36.6 Å². The number of rotatable bonds is 7. The lowest BCUT2D eigenvalue weighted by atomic mass is 9.90. The van der Waals surface area contributed by atoms with Crippen LogP contribution in [0.15, 0.2) is 17.0 Å². The first-order valence-electron chi connectivity index (χ1n) is 6.63. The standard InChI is InChI=1S/C15H20O4S/c1-18-12-7-6-10(14(19-2)15(12)20-3)11(8-13(16)17)9-4-5-9/h6-7,9,11H,4-5,8H2,1-3H3,(H,16,17). The van der Waals surface area contributed by atoms with E-state index in [2.05, 4.69) is 0 Å². The SMILES string of the molecule is COc1ccc(C(CC(=O)O)C2CC2)c(OC)c1SC. The molecular weight excluding hydrogens is 276 g/mol. The van der Waals surface area contributed by atoms with Gasteiger partial charge >= 0.3 is 5.97 Å². The summed E-state index contributed by atoms with van der Waals surface area (Å²) in [5, 5.41) is 9.14. The van der Waals surface area contributed by atoms with Crippen molar-refractivity contribution in [2.45, 2.75) is 30.1 Å². The van der Waals surface area contributed by atoms with Crippen molar-refractivity contribution in [1.29, 1.82) is 0 Å². The number of hydrogen-bond donors (Lipinski definition) is 1. The number of hydrogen-bond acceptors (Lipinski definition) is 4. The van der Waals surface area contributed by atoms with Gasteiger partial charge in [0, 0.05) is 5.92 Å². The minimum atomic E-state index is -0.759. The Labute approximate surface area is 123 Å². The summed E-state index contributed by atoms with van der Waals surface area (Å²) in [6.45, 7) is 0. The third-order valence-electron chi connectivity index (χ3n) is 3.72. The summed E-state index contributed by atoms with van der Waals surface area (Å²) in [4.78, 5) is 12.1. The van der Waals surface area contributed by atoms with E-state index in [4.69, 9.17) is 14.6 Å². The van der Waals surface area contributed by atoms with E-state index in [1.54, 1.807) is 26.0 Å². The van der Waals surface area contributed by atoms with E-state index in [9.17, 15) is 4.79 Å². The Morgan fingerprint density at radius 3 is 2.55 bits per heavy atom. The summed E-state index contributed by atoms with van der Waals surface area (Å²) in [6, 6.07) is 3.85. The van der Waals surface area contributed by atoms with Crippen molar-refractivity contribution in [3.63, 3.8) is 0 Å². The van der Waals surface area contributed by atoms with Crippen LogP contribution in [0.1, 0.15) is 30.7 Å². The summed E-state index contributed by atoms with van der Waals surface area (Å²) in [6.07, 6.45) is 4.32. The second-order valence-electron chi connectivity index (χ2n) is 4.97. The van der Waals surface area contributed by atoms with Gasteiger partial charge in [0.05, 0.1) is 25.5 Å². The molecular formula is C15H20O4S. The molecule has 0 radical (unpaired) electrons. The molecule has 1 N–H and O–H groups in total. The number of carboxylic acids is 1. The van der Waals surface area contributed by atoms with Gasteiger partial charge < -0.3 is 14.6 Å². The van der Waals surface area contributed by atoms with E-state index in [0.717, 1.165) is 34.8 Å². The summed E-state index contributed by atoms with van der Waals surface area (Å²) < 4.78 is 10.9. The van der Waals surface area contributed by atoms with Crippen molar-refractivity contribution in [2.24, 2.45) is 5.92 Å². The van der Waals surface area contributed by atoms with E-state index < -0.39 is 5.97 Å². The fourth-order valence-corrected chi connectivity index (χ4v) is 3.37. The number of thioether (sulfide) groups is 1. The van der Waals surface area contributed by atoms with E-state index in [-0.39, 0.29) is 12.3 Å². The van der Waals surface area contributed by atoms with Gasteiger partial charge in [-0.25, -0.2) is 0 Å². The minimum absolute atomic E-state index is 0.0271. The van der Waals surface area contributed by atoms with Crippen LogP contribution in [0.4, 0.5) is 0 Å². The molecule has 1 aliphatic carbocycles. The molecule has 5 heteroatoms. The molecule has 1 aromatic carbocycles. The van der Waals surface area contributed by atoms with E-state index in [0.29, 0.717) is 5.92 Å². The quantitative estimate of drug-likeness (QED) is 0.782. The van der Waals surface area contributed by atoms with E-state index in [1.807, 2.05) is 18.4 Å². The minimum Gasteiger partial charge on any atom is -0.495 e. The third kappa shape index (κ3) is 3.03. The molecule has 0 saturated heterocycles. The Kier molecular flexibility index (Phi) is 4.81. The normalized spacial score (nSPS) is 15.8. The molecule has 0 bridgehead atoms. The number of carboxylic acid groups (broad SMARTS) is 1. The monoisotopic (exact) mass is 296 g/mol. The Balaban J connectivity index is 2.45. The highest BCUT2D eigenvalue weighted by Gasteiger charge is 2.36. The average molecular weight is 296 g/mol. The maximum atomic E-state index is 11.1. The lowest BCUT2D eigenvalue weighted by Gasteiger charge is -2.21. The first kappa shape index (κ1) is 15.0. The molecule has 0 spiro atoms. The fourth-order valence-electron chi connectivity index (χ4n) is 2.63. The van der Waals surface area contributed by atoms with Crippen LogP contribution >= 0.6 is 11.8 Å². The highest BCUT2D eigenvalue weighted by Crippen LogP contribution is 2.50. The van der Waals surface area contributed by atoms with Crippen LogP contribution in [-0.4, -0.2) is 31.6 Å². The van der Waals surface area contributed by atoms with Crippen molar-refractivity contribution in [2.75, 3.05) is 20.5 Å². The molecule has 4 nitrogen and oxygen atoms in total. The van der Waals surface area contributed by atoms with E-state index in [1.165, 1.54) is 0 Å². The Morgan fingerprint density at radius 1 is 1.40 bits per heavy atom. The zero-order valence-corrected chi connectivity index (χ0v) is 12.8. The summed E-state index contributed by atoms with van der Waals surface area (Å²) in [5.74, 6) is 1.26. The van der Waals surface area contributed by atoms with Crippen molar-refractivity contribution in [3.05, 3.63) is 17.7 Å². The van der Waals surface area contributed by atoms with Gasteiger partial charge in [0.2, 0.25) is 0 Å². The first-order chi connectivity index (χ1) is 9.62. The van der Waals surface area contributed by atoms with Crippen LogP contribution in [0.25, 0.3) is 0 Å². The summed E-state index contributed by atoms with van der Waals surface area (Å²) in [7, 11) is 3.26. The average Bonchev–Trinajstić information content (AvgIpc) is 3.27. The number of ether oxygens (including phenoxy) is 2. The molecule has 0 aliphatic heterocycles. The molecule has 1 aromatic rings. The molecule has 2 rings (SSSR count). The molecule has 1 saturated carbocycles. The molecule has 20 heavy (non-hydrogen) atoms. The molecule has 0 aromatic heterocycles. The number of aliphatic carboxylic acids is 1. The highest BCUT2D eigenvalue weighted by molar-refractivity contribution is 7.98. The number of methoxy groups -OCH3 is 2. The van der Waals surface area contributed by atoms with Gasteiger partial charge in [-0.15, -0.1) is 11.8 Å². The lowest BCUT2D eigenvalue weighted by Crippen LogP contribution is -2.10. The van der Waals surface area contributed by atoms with Crippen LogP contribution < -0.4 is 9.47 Å². The molecule has 110 valence electrons. The Bertz CT molecular complexity index is 497. The van der Waals surface area contributed by atoms with Crippen LogP contribution in [0.2, 0.25) is 0 Å². The van der Waals surface area contributed by atoms with Gasteiger partial charge in [-0.2, -0.15) is 0 Å². The molecule has 1 unspecified atom stereocenters. The topological polar surface area (TPSA) is 55.8 Å². The summed E-state index contributed by atoms with van der Waals surface area (Å²) >= 11 is 1.56. The molecule has 1 atom stereocenters. The maximum Gasteiger partial charge on any atom is 0.303 e. The highest BCUT2D eigenvalue weighted by atomic mass is 32.2. The first-order valence-corrected chi connectivity index (χ1v) is 7.85. The van der Waals surface area contributed by atoms with Crippen molar-refractivity contribution < 1.29 is 19.4 Å². The zero-order chi connectivity index (χ0) is 14.7. The van der Waals surface area contributed by atoms with Gasteiger partial charge in [0.1, 0.15) is 11.5 Å². The van der Waals surface area contributed by atoms with Gasteiger partial charge in [0.25, 0.3) is 0 Å². The van der Waals surface area contributed by atoms with Crippen LogP contribution in [0.5, 0.6) is 11.5 Å². The Hall–Kier alpha value is -1.36. The number of benzene rings is 1. The fraction of sp³-hybridized carbons (Fsp3) is 0.533. The lowest BCUT2D eigenvalue weighted by molar-refractivity contribution is -0.137. The van der Waals surface area contributed by atoms with Crippen molar-refractivity contribution in [3.8, 4) is 11.5 Å². The maximum absolute atomic E-state index is 11.1. The summed E-state index contributed by atoms with van der Waals surface area (Å²) in [5.41, 5.74) is 0.988. The van der Waals surface area contributed by atoms with Crippen LogP contribution in [0, 0.1) is 5.92 Å². The predicted molar refractivity (Wildman–Crippen MR) is 79.0 cm³/mol. The molecule has 1 aliphatic rings. The Morgan fingerprint density at radius 2 is 2.10 bits per heavy atom. The van der Waals surface area contributed by atoms with Crippen molar-refractivity contribution >= 4 is 17.7 Å². The van der Waals surface area contributed by atoms with Crippen molar-refractivity contribution in [1.82, 2.24) is 0 Å². The molecule has 0 heterocycles. The van der Waals surface area contributed by atoms with Crippen LogP contribution in [0.3, 0.4) is 0 Å². The third-order valence-corrected chi connectivity index (χ3v) is 4.51.